The van der Waals surface area contributed by atoms with E-state index in [0.717, 1.165) is 6.54 Å². The van der Waals surface area contributed by atoms with Gasteiger partial charge in [0.25, 0.3) is 0 Å². The Morgan fingerprint density at radius 1 is 0.944 bits per heavy atom. The van der Waals surface area contributed by atoms with Gasteiger partial charge in [0.1, 0.15) is 0 Å². The molecule has 0 amide bonds. The molecule has 0 spiro atoms. The average molecular weight is 247 g/mol. The summed E-state index contributed by atoms with van der Waals surface area (Å²) < 4.78 is 0. The van der Waals surface area contributed by atoms with E-state index in [-0.39, 0.29) is 0 Å². The third-order valence-electron chi connectivity index (χ3n) is 2.75. The van der Waals surface area contributed by atoms with Gasteiger partial charge in [-0.1, -0.05) is 56.3 Å². The monoisotopic (exact) mass is 247 g/mol. The first kappa shape index (κ1) is 16.9. The molecule has 0 N–H and O–H groups in total. The highest BCUT2D eigenvalue weighted by molar-refractivity contribution is 5.48. The maximum atomic E-state index is 2.47. The number of hydrogen-bond donors (Lipinski definition) is 0. The first-order valence-electron chi connectivity index (χ1n) is 7.08. The first-order valence-corrected chi connectivity index (χ1v) is 7.08. The Morgan fingerprint density at radius 3 is 1.89 bits per heavy atom. The minimum Gasteiger partial charge on any atom is -0.295 e. The largest absolute Gasteiger partial charge is 0.295 e. The van der Waals surface area contributed by atoms with Crippen LogP contribution in [-0.4, -0.2) is 23.5 Å². The lowest BCUT2D eigenvalue weighted by atomic mass is 10.2. The summed E-state index contributed by atoms with van der Waals surface area (Å²) in [6.07, 6.45) is 4.44. The number of benzene rings is 1. The molecule has 0 aromatic heterocycles. The fourth-order valence-corrected chi connectivity index (χ4v) is 1.89. The molecule has 0 radical (unpaired) electrons. The smallest absolute Gasteiger partial charge is 0.0171 e. The van der Waals surface area contributed by atoms with Crippen LogP contribution in [0.5, 0.6) is 0 Å². The SMILES string of the molecule is CC.CC(C)N(C/C=C/c1ccccc1)C(C)C. The van der Waals surface area contributed by atoms with Gasteiger partial charge in [0.15, 0.2) is 0 Å². The number of nitrogens with zero attached hydrogens (tertiary/aromatic N) is 1. The Morgan fingerprint density at radius 2 is 1.44 bits per heavy atom. The Labute approximate surface area is 114 Å². The van der Waals surface area contributed by atoms with E-state index in [1.165, 1.54) is 5.56 Å². The normalized spacial score (nSPS) is 11.2. The molecule has 0 bridgehead atoms. The van der Waals surface area contributed by atoms with Gasteiger partial charge in [0, 0.05) is 18.6 Å². The molecule has 0 heterocycles. The van der Waals surface area contributed by atoms with Crippen molar-refractivity contribution in [3.8, 4) is 0 Å². The molecule has 1 aromatic rings. The maximum Gasteiger partial charge on any atom is 0.0171 e. The summed E-state index contributed by atoms with van der Waals surface area (Å²) in [5, 5.41) is 0. The Balaban J connectivity index is 0.00000137. The molecule has 1 rings (SSSR count). The van der Waals surface area contributed by atoms with Gasteiger partial charge in [-0.25, -0.2) is 0 Å². The van der Waals surface area contributed by atoms with Crippen LogP contribution in [0.15, 0.2) is 36.4 Å². The van der Waals surface area contributed by atoms with Crippen molar-refractivity contribution in [1.82, 2.24) is 4.90 Å². The first-order chi connectivity index (χ1) is 8.61. The van der Waals surface area contributed by atoms with Gasteiger partial charge in [-0.15, -0.1) is 0 Å². The molecule has 0 aliphatic heterocycles. The minimum absolute atomic E-state index is 0.598. The van der Waals surface area contributed by atoms with Crippen molar-refractivity contribution < 1.29 is 0 Å². The molecule has 0 aliphatic rings. The molecule has 1 nitrogen and oxygen atoms in total. The third-order valence-corrected chi connectivity index (χ3v) is 2.75. The van der Waals surface area contributed by atoms with E-state index in [1.807, 2.05) is 19.9 Å². The lowest BCUT2D eigenvalue weighted by Crippen LogP contribution is -2.36. The van der Waals surface area contributed by atoms with E-state index in [1.54, 1.807) is 0 Å². The molecule has 0 atom stereocenters. The summed E-state index contributed by atoms with van der Waals surface area (Å²) in [5.41, 5.74) is 1.27. The van der Waals surface area contributed by atoms with Crippen molar-refractivity contribution in [2.24, 2.45) is 0 Å². The zero-order chi connectivity index (χ0) is 14.0. The predicted octanol–water partition coefficient (Wildman–Crippen LogP) is 4.84. The molecule has 1 heteroatoms. The van der Waals surface area contributed by atoms with Gasteiger partial charge >= 0.3 is 0 Å². The Hall–Kier alpha value is -1.08. The average Bonchev–Trinajstić information content (AvgIpc) is 2.37. The molecule has 0 saturated carbocycles. The van der Waals surface area contributed by atoms with E-state index in [2.05, 4.69) is 69.0 Å². The zero-order valence-electron chi connectivity index (χ0n) is 12.9. The van der Waals surface area contributed by atoms with Crippen molar-refractivity contribution in [1.29, 1.82) is 0 Å². The van der Waals surface area contributed by atoms with Crippen LogP contribution < -0.4 is 0 Å². The molecule has 0 unspecified atom stereocenters. The van der Waals surface area contributed by atoms with E-state index >= 15 is 0 Å². The van der Waals surface area contributed by atoms with Gasteiger partial charge in [0.05, 0.1) is 0 Å². The third kappa shape index (κ3) is 6.61. The second-order valence-electron chi connectivity index (χ2n) is 4.70. The molecule has 0 fully saturated rings. The van der Waals surface area contributed by atoms with Crippen LogP contribution in [-0.2, 0) is 0 Å². The van der Waals surface area contributed by atoms with Crippen molar-refractivity contribution >= 4 is 6.08 Å². The van der Waals surface area contributed by atoms with E-state index in [0.29, 0.717) is 12.1 Å². The summed E-state index contributed by atoms with van der Waals surface area (Å²) in [5.74, 6) is 0. The van der Waals surface area contributed by atoms with Crippen molar-refractivity contribution in [3.05, 3.63) is 42.0 Å². The van der Waals surface area contributed by atoms with E-state index < -0.39 is 0 Å². The molecular formula is C17H29N. The summed E-state index contributed by atoms with van der Waals surface area (Å²) in [7, 11) is 0. The minimum atomic E-state index is 0.598. The zero-order valence-corrected chi connectivity index (χ0v) is 12.9. The molecular weight excluding hydrogens is 218 g/mol. The lowest BCUT2D eigenvalue weighted by molar-refractivity contribution is 0.196. The summed E-state index contributed by atoms with van der Waals surface area (Å²) in [6.45, 7) is 14.0. The van der Waals surface area contributed by atoms with Crippen LogP contribution in [0.2, 0.25) is 0 Å². The topological polar surface area (TPSA) is 3.24 Å². The predicted molar refractivity (Wildman–Crippen MR) is 83.8 cm³/mol. The molecule has 18 heavy (non-hydrogen) atoms. The Bertz CT molecular complexity index is 304. The molecule has 0 saturated heterocycles. The lowest BCUT2D eigenvalue weighted by Gasteiger charge is -2.29. The van der Waals surface area contributed by atoms with Crippen LogP contribution >= 0.6 is 0 Å². The number of hydrogen-bond acceptors (Lipinski definition) is 1. The highest BCUT2D eigenvalue weighted by atomic mass is 15.2. The van der Waals surface area contributed by atoms with Gasteiger partial charge in [-0.3, -0.25) is 4.90 Å². The van der Waals surface area contributed by atoms with Crippen LogP contribution in [0.25, 0.3) is 6.08 Å². The van der Waals surface area contributed by atoms with Gasteiger partial charge in [-0.05, 0) is 33.3 Å². The fraction of sp³-hybridized carbons (Fsp3) is 0.529. The second-order valence-corrected chi connectivity index (χ2v) is 4.70. The fourth-order valence-electron chi connectivity index (χ4n) is 1.89. The highest BCUT2D eigenvalue weighted by Crippen LogP contribution is 2.06. The van der Waals surface area contributed by atoms with Crippen molar-refractivity contribution in [2.75, 3.05) is 6.54 Å². The molecule has 1 aromatic carbocycles. The van der Waals surface area contributed by atoms with E-state index in [4.69, 9.17) is 0 Å². The van der Waals surface area contributed by atoms with Crippen LogP contribution in [0.3, 0.4) is 0 Å². The van der Waals surface area contributed by atoms with Gasteiger partial charge < -0.3 is 0 Å². The molecule has 102 valence electrons. The van der Waals surface area contributed by atoms with E-state index in [9.17, 15) is 0 Å². The summed E-state index contributed by atoms with van der Waals surface area (Å²) in [6, 6.07) is 11.6. The highest BCUT2D eigenvalue weighted by Gasteiger charge is 2.10. The van der Waals surface area contributed by atoms with Gasteiger partial charge in [-0.2, -0.15) is 0 Å². The van der Waals surface area contributed by atoms with Crippen molar-refractivity contribution in [3.63, 3.8) is 0 Å². The standard InChI is InChI=1S/C15H23N.C2H6/c1-13(2)16(14(3)4)12-8-11-15-9-6-5-7-10-15;1-2/h5-11,13-14H,12H2,1-4H3;1-2H3/b11-8+;. The van der Waals surface area contributed by atoms with Crippen LogP contribution in [0.1, 0.15) is 47.1 Å². The Kier molecular flexibility index (Phi) is 9.31. The van der Waals surface area contributed by atoms with Gasteiger partial charge in [0.2, 0.25) is 0 Å². The quantitative estimate of drug-likeness (QED) is 0.719. The van der Waals surface area contributed by atoms with Crippen molar-refractivity contribution in [2.45, 2.75) is 53.6 Å². The second kappa shape index (κ2) is 9.90. The maximum absolute atomic E-state index is 2.47. The molecule has 0 aliphatic carbocycles. The van der Waals surface area contributed by atoms with Crippen LogP contribution in [0, 0.1) is 0 Å². The number of rotatable bonds is 5. The summed E-state index contributed by atoms with van der Waals surface area (Å²) >= 11 is 0. The summed E-state index contributed by atoms with van der Waals surface area (Å²) in [4.78, 5) is 2.47. The van der Waals surface area contributed by atoms with Crippen LogP contribution in [0.4, 0.5) is 0 Å².